The van der Waals surface area contributed by atoms with Crippen LogP contribution in [0, 0.1) is 6.92 Å². The van der Waals surface area contributed by atoms with Gasteiger partial charge in [-0.05, 0) is 24.9 Å². The van der Waals surface area contributed by atoms with E-state index in [0.717, 1.165) is 30.9 Å². The molecule has 25 heavy (non-hydrogen) atoms. The van der Waals surface area contributed by atoms with Crippen LogP contribution in [0.1, 0.15) is 42.6 Å². The van der Waals surface area contributed by atoms with Gasteiger partial charge in [-0.3, -0.25) is 4.79 Å². The van der Waals surface area contributed by atoms with Crippen molar-refractivity contribution >= 4 is 11.7 Å². The highest BCUT2D eigenvalue weighted by Gasteiger charge is 2.31. The number of carbonyl (C=O) groups excluding carboxylic acids is 1. The molecule has 134 valence electrons. The fourth-order valence-electron chi connectivity index (χ4n) is 3.14. The molecule has 3 rings (SSSR count). The lowest BCUT2D eigenvalue weighted by atomic mass is 10.1. The number of hydrogen-bond donors (Lipinski definition) is 1. The molecule has 1 N–H and O–H groups in total. The minimum atomic E-state index is 0.00515. The van der Waals surface area contributed by atoms with Gasteiger partial charge in [0.25, 0.3) is 5.88 Å². The number of rotatable bonds is 6. The number of aromatic nitrogens is 3. The van der Waals surface area contributed by atoms with Crippen LogP contribution in [0.2, 0.25) is 0 Å². The summed E-state index contributed by atoms with van der Waals surface area (Å²) in [5.41, 5.74) is 0.893. The van der Waals surface area contributed by atoms with E-state index in [0.29, 0.717) is 30.3 Å². The van der Waals surface area contributed by atoms with Crippen molar-refractivity contribution in [3.05, 3.63) is 29.4 Å². The predicted molar refractivity (Wildman–Crippen MR) is 91.4 cm³/mol. The van der Waals surface area contributed by atoms with Crippen LogP contribution in [-0.4, -0.2) is 46.6 Å². The van der Waals surface area contributed by atoms with Gasteiger partial charge in [-0.2, -0.15) is 0 Å². The standard InChI is InChI=1S/C17H23N5O3/c1-11-19-13(10-15(18-2)20-11)14-5-4-8-22(14)17(23)7-6-12-9-16(24-3)21-25-12/h9-10,14H,4-8H2,1-3H3,(H,18,19,20)/t14-/m1/s1. The lowest BCUT2D eigenvalue weighted by Crippen LogP contribution is -2.31. The van der Waals surface area contributed by atoms with Gasteiger partial charge in [0.15, 0.2) is 0 Å². The molecule has 2 aromatic rings. The summed E-state index contributed by atoms with van der Waals surface area (Å²) >= 11 is 0. The zero-order valence-electron chi connectivity index (χ0n) is 14.8. The third kappa shape index (κ3) is 3.89. The highest BCUT2D eigenvalue weighted by atomic mass is 16.5. The Hall–Kier alpha value is -2.64. The molecule has 1 aliphatic heterocycles. The molecule has 3 heterocycles. The molecule has 1 saturated heterocycles. The summed E-state index contributed by atoms with van der Waals surface area (Å²) in [6, 6.07) is 3.64. The van der Waals surface area contributed by atoms with E-state index in [2.05, 4.69) is 20.4 Å². The van der Waals surface area contributed by atoms with E-state index in [9.17, 15) is 4.79 Å². The number of likely N-dealkylation sites (tertiary alicyclic amines) is 1. The summed E-state index contributed by atoms with van der Waals surface area (Å²) in [5.74, 6) is 2.65. The van der Waals surface area contributed by atoms with Crippen molar-refractivity contribution in [2.24, 2.45) is 0 Å². The average Bonchev–Trinajstić information content (AvgIpc) is 3.28. The number of ether oxygens (including phenoxy) is 1. The third-order valence-electron chi connectivity index (χ3n) is 4.36. The lowest BCUT2D eigenvalue weighted by Gasteiger charge is -2.24. The lowest BCUT2D eigenvalue weighted by molar-refractivity contribution is -0.132. The molecule has 0 unspecified atom stereocenters. The van der Waals surface area contributed by atoms with E-state index in [-0.39, 0.29) is 11.9 Å². The zero-order chi connectivity index (χ0) is 17.8. The molecule has 0 spiro atoms. The molecule has 0 bridgehead atoms. The van der Waals surface area contributed by atoms with Crippen molar-refractivity contribution in [1.82, 2.24) is 20.0 Å². The Morgan fingerprint density at radius 1 is 1.44 bits per heavy atom. The molecular formula is C17H23N5O3. The van der Waals surface area contributed by atoms with E-state index in [1.54, 1.807) is 6.07 Å². The minimum absolute atomic E-state index is 0.00515. The quantitative estimate of drug-likeness (QED) is 0.857. The van der Waals surface area contributed by atoms with Crippen LogP contribution in [0.4, 0.5) is 5.82 Å². The summed E-state index contributed by atoms with van der Waals surface area (Å²) in [6.45, 7) is 2.61. The number of methoxy groups -OCH3 is 1. The Labute approximate surface area is 146 Å². The van der Waals surface area contributed by atoms with Crippen LogP contribution in [0.15, 0.2) is 16.7 Å². The molecule has 1 fully saturated rings. The van der Waals surface area contributed by atoms with Crippen molar-refractivity contribution < 1.29 is 14.1 Å². The van der Waals surface area contributed by atoms with Gasteiger partial charge in [-0.1, -0.05) is 0 Å². The molecule has 1 atom stereocenters. The Kier molecular flexibility index (Phi) is 5.16. The summed E-state index contributed by atoms with van der Waals surface area (Å²) in [6.07, 6.45) is 2.77. The molecule has 2 aromatic heterocycles. The number of anilines is 1. The number of nitrogens with zero attached hydrogens (tertiary/aromatic N) is 4. The Bertz CT molecular complexity index is 746. The largest absolute Gasteiger partial charge is 0.479 e. The van der Waals surface area contributed by atoms with Crippen molar-refractivity contribution in [3.63, 3.8) is 0 Å². The van der Waals surface area contributed by atoms with Crippen LogP contribution in [0.25, 0.3) is 0 Å². The second kappa shape index (κ2) is 7.50. The van der Waals surface area contributed by atoms with Crippen LogP contribution in [0.5, 0.6) is 5.88 Å². The molecule has 8 heteroatoms. The van der Waals surface area contributed by atoms with Crippen LogP contribution in [0.3, 0.4) is 0 Å². The third-order valence-corrected chi connectivity index (χ3v) is 4.36. The molecule has 0 radical (unpaired) electrons. The maximum Gasteiger partial charge on any atom is 0.254 e. The molecule has 1 aliphatic rings. The first-order valence-electron chi connectivity index (χ1n) is 8.43. The van der Waals surface area contributed by atoms with Gasteiger partial charge in [0.2, 0.25) is 5.91 Å². The average molecular weight is 345 g/mol. The van der Waals surface area contributed by atoms with Gasteiger partial charge in [-0.15, -0.1) is 0 Å². The number of hydrogen-bond acceptors (Lipinski definition) is 7. The first-order valence-corrected chi connectivity index (χ1v) is 8.43. The highest BCUT2D eigenvalue weighted by Crippen LogP contribution is 2.32. The van der Waals surface area contributed by atoms with Gasteiger partial charge >= 0.3 is 0 Å². The summed E-state index contributed by atoms with van der Waals surface area (Å²) < 4.78 is 10.1. The Balaban J connectivity index is 1.68. The molecule has 0 aromatic carbocycles. The second-order valence-corrected chi connectivity index (χ2v) is 6.06. The maximum absolute atomic E-state index is 12.7. The zero-order valence-corrected chi connectivity index (χ0v) is 14.8. The smallest absolute Gasteiger partial charge is 0.254 e. The van der Waals surface area contributed by atoms with Crippen LogP contribution in [-0.2, 0) is 11.2 Å². The number of carbonyl (C=O) groups is 1. The van der Waals surface area contributed by atoms with Gasteiger partial charge in [0, 0.05) is 38.6 Å². The van der Waals surface area contributed by atoms with Gasteiger partial charge < -0.3 is 19.5 Å². The van der Waals surface area contributed by atoms with E-state index in [1.165, 1.54) is 7.11 Å². The normalized spacial score (nSPS) is 16.9. The molecule has 0 aliphatic carbocycles. The monoisotopic (exact) mass is 345 g/mol. The molecule has 8 nitrogen and oxygen atoms in total. The summed E-state index contributed by atoms with van der Waals surface area (Å²) in [5, 5.41) is 6.80. The van der Waals surface area contributed by atoms with Crippen LogP contribution >= 0.6 is 0 Å². The van der Waals surface area contributed by atoms with E-state index in [1.807, 2.05) is 24.9 Å². The number of amides is 1. The van der Waals surface area contributed by atoms with Crippen LogP contribution < -0.4 is 10.1 Å². The first-order chi connectivity index (χ1) is 12.1. The van der Waals surface area contributed by atoms with Gasteiger partial charge in [0.05, 0.1) is 18.8 Å². The Morgan fingerprint density at radius 2 is 2.28 bits per heavy atom. The van der Waals surface area contributed by atoms with Gasteiger partial charge in [-0.25, -0.2) is 9.97 Å². The van der Waals surface area contributed by atoms with Crippen molar-refractivity contribution in [3.8, 4) is 5.88 Å². The first kappa shape index (κ1) is 17.2. The van der Waals surface area contributed by atoms with E-state index < -0.39 is 0 Å². The maximum atomic E-state index is 12.7. The topological polar surface area (TPSA) is 93.4 Å². The second-order valence-electron chi connectivity index (χ2n) is 6.06. The SMILES string of the molecule is CNc1cc([C@H]2CCCN2C(=O)CCc2cc(OC)no2)nc(C)n1. The number of aryl methyl sites for hydroxylation is 2. The number of nitrogens with one attached hydrogen (secondary N) is 1. The van der Waals surface area contributed by atoms with Crippen molar-refractivity contribution in [1.29, 1.82) is 0 Å². The summed E-state index contributed by atoms with van der Waals surface area (Å²) in [7, 11) is 3.36. The molecule has 1 amide bonds. The van der Waals surface area contributed by atoms with Crippen molar-refractivity contribution in [2.45, 2.75) is 38.6 Å². The van der Waals surface area contributed by atoms with E-state index in [4.69, 9.17) is 9.26 Å². The fraction of sp³-hybridized carbons (Fsp3) is 0.529. The molecule has 0 saturated carbocycles. The minimum Gasteiger partial charge on any atom is -0.479 e. The summed E-state index contributed by atoms with van der Waals surface area (Å²) in [4.78, 5) is 23.5. The Morgan fingerprint density at radius 3 is 3.00 bits per heavy atom. The highest BCUT2D eigenvalue weighted by molar-refractivity contribution is 5.77. The van der Waals surface area contributed by atoms with Crippen molar-refractivity contribution in [2.75, 3.05) is 26.0 Å². The fourth-order valence-corrected chi connectivity index (χ4v) is 3.14. The predicted octanol–water partition coefficient (Wildman–Crippen LogP) is 2.12. The van der Waals surface area contributed by atoms with Gasteiger partial charge in [0.1, 0.15) is 17.4 Å². The van der Waals surface area contributed by atoms with E-state index >= 15 is 0 Å². The molecular weight excluding hydrogens is 322 g/mol.